The van der Waals surface area contributed by atoms with Crippen molar-refractivity contribution < 1.29 is 0 Å². The van der Waals surface area contributed by atoms with Gasteiger partial charge < -0.3 is 4.98 Å². The van der Waals surface area contributed by atoms with Crippen molar-refractivity contribution in [2.75, 3.05) is 0 Å². The first-order chi connectivity index (χ1) is 9.15. The third-order valence-electron chi connectivity index (χ3n) is 3.37. The molecule has 94 valence electrons. The van der Waals surface area contributed by atoms with Crippen LogP contribution in [0.4, 0.5) is 0 Å². The summed E-state index contributed by atoms with van der Waals surface area (Å²) in [5.41, 5.74) is 3.81. The summed E-state index contributed by atoms with van der Waals surface area (Å²) in [4.78, 5) is 19.5. The van der Waals surface area contributed by atoms with Crippen molar-refractivity contribution >= 4 is 10.9 Å². The van der Waals surface area contributed by atoms with Crippen molar-refractivity contribution in [3.63, 3.8) is 0 Å². The predicted molar refractivity (Wildman–Crippen MR) is 77.3 cm³/mol. The molecule has 0 saturated carbocycles. The molecular formula is C16H14N2O. The summed E-state index contributed by atoms with van der Waals surface area (Å²) in [6, 6.07) is 13.5. The molecular weight excluding hydrogens is 236 g/mol. The summed E-state index contributed by atoms with van der Waals surface area (Å²) in [6.07, 6.45) is 0. The molecule has 0 amide bonds. The van der Waals surface area contributed by atoms with Crippen LogP contribution in [0.15, 0.2) is 47.3 Å². The van der Waals surface area contributed by atoms with E-state index in [0.717, 1.165) is 22.2 Å². The normalized spacial score (nSPS) is 10.8. The molecule has 3 heteroatoms. The van der Waals surface area contributed by atoms with Crippen molar-refractivity contribution in [1.29, 1.82) is 0 Å². The van der Waals surface area contributed by atoms with Gasteiger partial charge in [-0.15, -0.1) is 0 Å². The van der Waals surface area contributed by atoms with E-state index in [1.165, 1.54) is 0 Å². The monoisotopic (exact) mass is 250 g/mol. The molecule has 0 atom stereocenters. The van der Waals surface area contributed by atoms with Gasteiger partial charge in [-0.1, -0.05) is 30.3 Å². The number of nitrogens with zero attached hydrogens (tertiary/aromatic N) is 1. The average Bonchev–Trinajstić information content (AvgIpc) is 2.42. The summed E-state index contributed by atoms with van der Waals surface area (Å²) in [7, 11) is 0. The number of hydrogen-bond donors (Lipinski definition) is 1. The van der Waals surface area contributed by atoms with Crippen LogP contribution >= 0.6 is 0 Å². The number of rotatable bonds is 1. The van der Waals surface area contributed by atoms with E-state index < -0.39 is 0 Å². The third kappa shape index (κ3) is 2.03. The van der Waals surface area contributed by atoms with Crippen LogP contribution in [0.2, 0.25) is 0 Å². The summed E-state index contributed by atoms with van der Waals surface area (Å²) in [5, 5.41) is 0.641. The zero-order chi connectivity index (χ0) is 13.4. The highest BCUT2D eigenvalue weighted by Gasteiger charge is 2.07. The lowest BCUT2D eigenvalue weighted by molar-refractivity contribution is 1.17. The Balaban J connectivity index is 2.31. The Hall–Kier alpha value is -2.42. The van der Waals surface area contributed by atoms with E-state index >= 15 is 0 Å². The smallest absolute Gasteiger partial charge is 0.259 e. The molecule has 0 bridgehead atoms. The van der Waals surface area contributed by atoms with Crippen LogP contribution in [0.1, 0.15) is 11.1 Å². The van der Waals surface area contributed by atoms with Crippen molar-refractivity contribution in [3.05, 3.63) is 63.9 Å². The molecule has 3 aromatic rings. The molecule has 1 N–H and O–H groups in total. The number of fused-ring (bicyclic) bond motifs is 1. The quantitative estimate of drug-likeness (QED) is 0.720. The SMILES string of the molecule is Cc1cc2nc(-c3ccccc3)[nH]c(=O)c2cc1C. The largest absolute Gasteiger partial charge is 0.306 e. The summed E-state index contributed by atoms with van der Waals surface area (Å²) in [5.74, 6) is 0.612. The van der Waals surface area contributed by atoms with Gasteiger partial charge in [0.2, 0.25) is 0 Å². The fourth-order valence-electron chi connectivity index (χ4n) is 2.13. The molecule has 1 heterocycles. The van der Waals surface area contributed by atoms with Gasteiger partial charge in [-0.3, -0.25) is 4.79 Å². The van der Waals surface area contributed by atoms with Gasteiger partial charge in [0.25, 0.3) is 5.56 Å². The second-order valence-electron chi connectivity index (χ2n) is 4.73. The molecule has 0 aliphatic rings. The molecule has 3 nitrogen and oxygen atoms in total. The van der Waals surface area contributed by atoms with E-state index in [9.17, 15) is 4.79 Å². The zero-order valence-electron chi connectivity index (χ0n) is 10.9. The Morgan fingerprint density at radius 3 is 2.42 bits per heavy atom. The van der Waals surface area contributed by atoms with E-state index in [4.69, 9.17) is 0 Å². The molecule has 0 radical (unpaired) electrons. The maximum absolute atomic E-state index is 12.1. The number of H-pyrrole nitrogens is 1. The topological polar surface area (TPSA) is 45.8 Å². The minimum absolute atomic E-state index is 0.0908. The minimum Gasteiger partial charge on any atom is -0.306 e. The predicted octanol–water partition coefficient (Wildman–Crippen LogP) is 3.21. The molecule has 19 heavy (non-hydrogen) atoms. The highest BCUT2D eigenvalue weighted by Crippen LogP contribution is 2.18. The van der Waals surface area contributed by atoms with Crippen molar-refractivity contribution in [1.82, 2.24) is 9.97 Å². The number of nitrogens with one attached hydrogen (secondary N) is 1. The fraction of sp³-hybridized carbons (Fsp3) is 0.125. The van der Waals surface area contributed by atoms with E-state index in [1.54, 1.807) is 0 Å². The lowest BCUT2D eigenvalue weighted by Crippen LogP contribution is -2.10. The summed E-state index contributed by atoms with van der Waals surface area (Å²) >= 11 is 0. The third-order valence-corrected chi connectivity index (χ3v) is 3.37. The van der Waals surface area contributed by atoms with E-state index in [1.807, 2.05) is 56.3 Å². The van der Waals surface area contributed by atoms with Gasteiger partial charge in [0.1, 0.15) is 5.82 Å². The van der Waals surface area contributed by atoms with Crippen LogP contribution in [0.25, 0.3) is 22.3 Å². The molecule has 0 saturated heterocycles. The molecule has 3 rings (SSSR count). The van der Waals surface area contributed by atoms with E-state index in [2.05, 4.69) is 9.97 Å². The first-order valence-corrected chi connectivity index (χ1v) is 6.22. The number of hydrogen-bond acceptors (Lipinski definition) is 2. The van der Waals surface area contributed by atoms with Gasteiger partial charge in [-0.05, 0) is 37.1 Å². The Bertz CT molecular complexity index is 804. The average molecular weight is 250 g/mol. The van der Waals surface area contributed by atoms with Gasteiger partial charge in [-0.25, -0.2) is 4.98 Å². The standard InChI is InChI=1S/C16H14N2O/c1-10-8-13-14(9-11(10)2)17-15(18-16(13)19)12-6-4-3-5-7-12/h3-9H,1-2H3,(H,17,18,19). The van der Waals surface area contributed by atoms with Crippen molar-refractivity contribution in [3.8, 4) is 11.4 Å². The van der Waals surface area contributed by atoms with Gasteiger partial charge in [0.05, 0.1) is 10.9 Å². The minimum atomic E-state index is -0.0908. The van der Waals surface area contributed by atoms with Crippen LogP contribution in [0, 0.1) is 13.8 Å². The molecule has 0 fully saturated rings. The Kier molecular flexibility index (Phi) is 2.67. The van der Waals surface area contributed by atoms with Gasteiger partial charge in [0.15, 0.2) is 0 Å². The number of aromatic nitrogens is 2. The Morgan fingerprint density at radius 1 is 1.00 bits per heavy atom. The van der Waals surface area contributed by atoms with Crippen LogP contribution < -0.4 is 5.56 Å². The van der Waals surface area contributed by atoms with E-state index in [-0.39, 0.29) is 5.56 Å². The van der Waals surface area contributed by atoms with Crippen LogP contribution in [0.5, 0.6) is 0 Å². The number of aromatic amines is 1. The second-order valence-corrected chi connectivity index (χ2v) is 4.73. The van der Waals surface area contributed by atoms with Crippen LogP contribution in [-0.2, 0) is 0 Å². The number of aryl methyl sites for hydroxylation is 2. The van der Waals surface area contributed by atoms with Gasteiger partial charge in [0, 0.05) is 5.56 Å². The number of benzene rings is 2. The first-order valence-electron chi connectivity index (χ1n) is 6.22. The maximum atomic E-state index is 12.1. The highest BCUT2D eigenvalue weighted by molar-refractivity contribution is 5.81. The van der Waals surface area contributed by atoms with Crippen LogP contribution in [0.3, 0.4) is 0 Å². The zero-order valence-corrected chi connectivity index (χ0v) is 10.9. The van der Waals surface area contributed by atoms with Crippen LogP contribution in [-0.4, -0.2) is 9.97 Å². The molecule has 0 aliphatic carbocycles. The molecule has 1 aromatic heterocycles. The van der Waals surface area contributed by atoms with Crippen molar-refractivity contribution in [2.45, 2.75) is 13.8 Å². The van der Waals surface area contributed by atoms with Gasteiger partial charge >= 0.3 is 0 Å². The summed E-state index contributed by atoms with van der Waals surface area (Å²) < 4.78 is 0. The molecule has 2 aromatic carbocycles. The van der Waals surface area contributed by atoms with Gasteiger partial charge in [-0.2, -0.15) is 0 Å². The molecule has 0 spiro atoms. The van der Waals surface area contributed by atoms with E-state index in [0.29, 0.717) is 11.2 Å². The Morgan fingerprint density at radius 2 is 1.68 bits per heavy atom. The summed E-state index contributed by atoms with van der Waals surface area (Å²) in [6.45, 7) is 4.03. The van der Waals surface area contributed by atoms with Crippen molar-refractivity contribution in [2.24, 2.45) is 0 Å². The maximum Gasteiger partial charge on any atom is 0.259 e. The molecule has 0 aliphatic heterocycles. The fourth-order valence-corrected chi connectivity index (χ4v) is 2.13. The lowest BCUT2D eigenvalue weighted by atomic mass is 10.1. The molecule has 0 unspecified atom stereocenters. The Labute approximate surface area is 111 Å². The lowest BCUT2D eigenvalue weighted by Gasteiger charge is -2.05. The first kappa shape index (κ1) is 11.7. The highest BCUT2D eigenvalue weighted by atomic mass is 16.1. The second kappa shape index (κ2) is 4.35.